The van der Waals surface area contributed by atoms with Crippen LogP contribution in [0.1, 0.15) is 48.9 Å². The molecule has 0 spiro atoms. The van der Waals surface area contributed by atoms with Crippen LogP contribution in [0.2, 0.25) is 0 Å². The Morgan fingerprint density at radius 2 is 1.71 bits per heavy atom. The van der Waals surface area contributed by atoms with Gasteiger partial charge in [-0.3, -0.25) is 4.79 Å². The molecule has 0 saturated heterocycles. The standard InChI is InChI=1S/C19H23NO4/c1-24-16-7-14(2-3-15(16)17(21)22)20-18(23)19-8-11-4-12(9-19)6-13(5-11)10-19/h2-3,7,11-13H,4-6,8-10H2,1H3,(H,20,23)(H,21,22). The Hall–Kier alpha value is -2.04. The van der Waals surface area contributed by atoms with Crippen molar-refractivity contribution in [2.75, 3.05) is 12.4 Å². The monoisotopic (exact) mass is 329 g/mol. The SMILES string of the molecule is COc1cc(NC(=O)C23CC4CC(CC(C4)C2)C3)ccc1C(=O)O. The maximum Gasteiger partial charge on any atom is 0.339 e. The smallest absolute Gasteiger partial charge is 0.339 e. The number of carboxylic acid groups (broad SMARTS) is 1. The second kappa shape index (κ2) is 5.50. The summed E-state index contributed by atoms with van der Waals surface area (Å²) in [4.78, 5) is 24.2. The molecular formula is C19H23NO4. The molecule has 128 valence electrons. The molecule has 1 aromatic rings. The first-order valence-corrected chi connectivity index (χ1v) is 8.72. The third-order valence-corrected chi connectivity index (χ3v) is 6.21. The van der Waals surface area contributed by atoms with Gasteiger partial charge in [-0.2, -0.15) is 0 Å². The van der Waals surface area contributed by atoms with Crippen molar-refractivity contribution in [3.8, 4) is 5.75 Å². The van der Waals surface area contributed by atoms with Crippen molar-refractivity contribution in [1.29, 1.82) is 0 Å². The van der Waals surface area contributed by atoms with E-state index < -0.39 is 5.97 Å². The molecule has 0 atom stereocenters. The predicted molar refractivity (Wildman–Crippen MR) is 89.2 cm³/mol. The van der Waals surface area contributed by atoms with Gasteiger partial charge in [-0.05, 0) is 68.4 Å². The number of methoxy groups -OCH3 is 1. The van der Waals surface area contributed by atoms with Crippen LogP contribution in [0.4, 0.5) is 5.69 Å². The van der Waals surface area contributed by atoms with E-state index >= 15 is 0 Å². The molecular weight excluding hydrogens is 306 g/mol. The number of benzene rings is 1. The number of ether oxygens (including phenoxy) is 1. The van der Waals surface area contributed by atoms with E-state index in [4.69, 9.17) is 9.84 Å². The zero-order valence-corrected chi connectivity index (χ0v) is 13.9. The number of carboxylic acids is 1. The van der Waals surface area contributed by atoms with Crippen LogP contribution in [0.5, 0.6) is 5.75 Å². The maximum absolute atomic E-state index is 13.0. The lowest BCUT2D eigenvalue weighted by molar-refractivity contribution is -0.140. The number of rotatable bonds is 4. The van der Waals surface area contributed by atoms with E-state index in [1.54, 1.807) is 12.1 Å². The fraction of sp³-hybridized carbons (Fsp3) is 0.579. The number of nitrogens with one attached hydrogen (secondary N) is 1. The average Bonchev–Trinajstić information content (AvgIpc) is 2.53. The van der Waals surface area contributed by atoms with Gasteiger partial charge >= 0.3 is 5.97 Å². The van der Waals surface area contributed by atoms with Crippen molar-refractivity contribution in [2.45, 2.75) is 38.5 Å². The van der Waals surface area contributed by atoms with E-state index in [2.05, 4.69) is 5.32 Å². The Morgan fingerprint density at radius 1 is 1.12 bits per heavy atom. The predicted octanol–water partition coefficient (Wildman–Crippen LogP) is 3.55. The van der Waals surface area contributed by atoms with Crippen LogP contribution in [0.3, 0.4) is 0 Å². The average molecular weight is 329 g/mol. The maximum atomic E-state index is 13.0. The van der Waals surface area contributed by atoms with Crippen molar-refractivity contribution in [3.63, 3.8) is 0 Å². The van der Waals surface area contributed by atoms with Gasteiger partial charge in [-0.15, -0.1) is 0 Å². The third kappa shape index (κ3) is 2.46. The van der Waals surface area contributed by atoms with Crippen molar-refractivity contribution < 1.29 is 19.4 Å². The second-order valence-electron chi connectivity index (χ2n) is 7.87. The fourth-order valence-corrected chi connectivity index (χ4v) is 5.60. The van der Waals surface area contributed by atoms with Gasteiger partial charge in [0.25, 0.3) is 0 Å². The summed E-state index contributed by atoms with van der Waals surface area (Å²) in [6.45, 7) is 0. The highest BCUT2D eigenvalue weighted by Crippen LogP contribution is 2.60. The van der Waals surface area contributed by atoms with Crippen LogP contribution < -0.4 is 10.1 Å². The molecule has 5 rings (SSSR count). The first-order valence-electron chi connectivity index (χ1n) is 8.72. The summed E-state index contributed by atoms with van der Waals surface area (Å²) in [5.74, 6) is 1.48. The molecule has 24 heavy (non-hydrogen) atoms. The lowest BCUT2D eigenvalue weighted by Crippen LogP contribution is -2.51. The lowest BCUT2D eigenvalue weighted by atomic mass is 9.49. The molecule has 4 aliphatic rings. The molecule has 5 heteroatoms. The topological polar surface area (TPSA) is 75.6 Å². The van der Waals surface area contributed by atoms with Crippen LogP contribution in [-0.2, 0) is 4.79 Å². The van der Waals surface area contributed by atoms with E-state index in [-0.39, 0.29) is 22.6 Å². The quantitative estimate of drug-likeness (QED) is 0.886. The zero-order valence-electron chi connectivity index (χ0n) is 13.9. The van der Waals surface area contributed by atoms with E-state index in [9.17, 15) is 9.59 Å². The van der Waals surface area contributed by atoms with E-state index in [1.165, 1.54) is 32.4 Å². The number of anilines is 1. The number of carbonyl (C=O) groups excluding carboxylic acids is 1. The van der Waals surface area contributed by atoms with Crippen LogP contribution >= 0.6 is 0 Å². The normalized spacial score (nSPS) is 33.3. The minimum Gasteiger partial charge on any atom is -0.496 e. The minimum atomic E-state index is -1.04. The molecule has 2 N–H and O–H groups in total. The Morgan fingerprint density at radius 3 is 2.21 bits per heavy atom. The van der Waals surface area contributed by atoms with Gasteiger partial charge in [0.2, 0.25) is 5.91 Å². The molecule has 1 aromatic carbocycles. The highest BCUT2D eigenvalue weighted by molar-refractivity contribution is 5.97. The van der Waals surface area contributed by atoms with Crippen molar-refractivity contribution in [3.05, 3.63) is 23.8 Å². The first kappa shape index (κ1) is 15.5. The van der Waals surface area contributed by atoms with Crippen LogP contribution in [0.25, 0.3) is 0 Å². The zero-order chi connectivity index (χ0) is 16.9. The molecule has 4 fully saturated rings. The number of carbonyl (C=O) groups is 2. The molecule has 0 aliphatic heterocycles. The molecule has 4 aliphatic carbocycles. The number of hydrogen-bond donors (Lipinski definition) is 2. The van der Waals surface area contributed by atoms with Gasteiger partial charge in [-0.1, -0.05) is 0 Å². The number of aromatic carboxylic acids is 1. The largest absolute Gasteiger partial charge is 0.496 e. The minimum absolute atomic E-state index is 0.102. The molecule has 1 amide bonds. The molecule has 0 unspecified atom stereocenters. The molecule has 4 saturated carbocycles. The summed E-state index contributed by atoms with van der Waals surface area (Å²) >= 11 is 0. The van der Waals surface area contributed by atoms with Gasteiger partial charge in [0, 0.05) is 11.8 Å². The Labute approximate surface area is 141 Å². The highest BCUT2D eigenvalue weighted by atomic mass is 16.5. The third-order valence-electron chi connectivity index (χ3n) is 6.21. The molecule has 0 heterocycles. The summed E-state index contributed by atoms with van der Waals surface area (Å²) in [6.07, 6.45) is 6.93. The van der Waals surface area contributed by atoms with Crippen LogP contribution in [0.15, 0.2) is 18.2 Å². The van der Waals surface area contributed by atoms with Gasteiger partial charge in [0.1, 0.15) is 11.3 Å². The molecule has 5 nitrogen and oxygen atoms in total. The van der Waals surface area contributed by atoms with Gasteiger partial charge in [-0.25, -0.2) is 4.79 Å². The number of amides is 1. The summed E-state index contributed by atoms with van der Waals surface area (Å²) in [5.41, 5.74) is 0.496. The second-order valence-corrected chi connectivity index (χ2v) is 7.87. The van der Waals surface area contributed by atoms with Gasteiger partial charge in [0.05, 0.1) is 12.5 Å². The van der Waals surface area contributed by atoms with Crippen LogP contribution in [-0.4, -0.2) is 24.1 Å². The highest BCUT2D eigenvalue weighted by Gasteiger charge is 2.54. The van der Waals surface area contributed by atoms with Crippen molar-refractivity contribution in [2.24, 2.45) is 23.2 Å². The Balaban J connectivity index is 1.55. The molecule has 4 bridgehead atoms. The van der Waals surface area contributed by atoms with Crippen molar-refractivity contribution in [1.82, 2.24) is 0 Å². The Kier molecular flexibility index (Phi) is 3.55. The van der Waals surface area contributed by atoms with E-state index in [1.807, 2.05) is 0 Å². The molecule has 0 radical (unpaired) electrons. The number of hydrogen-bond acceptors (Lipinski definition) is 3. The van der Waals surface area contributed by atoms with E-state index in [0.29, 0.717) is 23.4 Å². The van der Waals surface area contributed by atoms with E-state index in [0.717, 1.165) is 19.3 Å². The Bertz CT molecular complexity index is 661. The summed E-state index contributed by atoms with van der Waals surface area (Å²) in [7, 11) is 1.44. The molecule has 0 aromatic heterocycles. The summed E-state index contributed by atoms with van der Waals surface area (Å²) in [5, 5.41) is 12.2. The van der Waals surface area contributed by atoms with Gasteiger partial charge in [0.15, 0.2) is 0 Å². The lowest BCUT2D eigenvalue weighted by Gasteiger charge is -2.55. The summed E-state index contributed by atoms with van der Waals surface area (Å²) < 4.78 is 5.15. The fourth-order valence-electron chi connectivity index (χ4n) is 5.60. The van der Waals surface area contributed by atoms with Crippen molar-refractivity contribution >= 4 is 17.6 Å². The summed E-state index contributed by atoms with van der Waals surface area (Å²) in [6, 6.07) is 4.72. The van der Waals surface area contributed by atoms with Crippen LogP contribution in [0, 0.1) is 23.2 Å². The van der Waals surface area contributed by atoms with Gasteiger partial charge < -0.3 is 15.2 Å². The first-order chi connectivity index (χ1) is 11.5.